The van der Waals surface area contributed by atoms with Crippen molar-refractivity contribution in [3.63, 3.8) is 0 Å². The molecule has 2 aromatic heterocycles. The van der Waals surface area contributed by atoms with Gasteiger partial charge < -0.3 is 19.4 Å². The Balaban J connectivity index is 1.51. The number of nitrogens with zero attached hydrogens (tertiary/aromatic N) is 4. The van der Waals surface area contributed by atoms with Crippen molar-refractivity contribution in [2.75, 3.05) is 13.7 Å². The molecule has 0 spiro atoms. The number of aromatic nitrogens is 4. The van der Waals surface area contributed by atoms with E-state index in [-0.39, 0.29) is 18.0 Å². The van der Waals surface area contributed by atoms with Crippen LogP contribution in [0.15, 0.2) is 47.7 Å². The highest BCUT2D eigenvalue weighted by molar-refractivity contribution is 5.81. The number of rotatable bonds is 5. The van der Waals surface area contributed by atoms with E-state index in [0.717, 1.165) is 0 Å². The Bertz CT molecular complexity index is 1120. The Kier molecular flexibility index (Phi) is 5.42. The van der Waals surface area contributed by atoms with Crippen LogP contribution in [0.4, 0.5) is 0 Å². The van der Waals surface area contributed by atoms with Crippen molar-refractivity contribution in [3.8, 4) is 23.0 Å². The van der Waals surface area contributed by atoms with Crippen molar-refractivity contribution in [3.05, 3.63) is 64.5 Å². The molecule has 0 fully saturated rings. The zero-order valence-electron chi connectivity index (χ0n) is 16.7. The maximum Gasteiger partial charge on any atom is 0.263 e. The molecule has 30 heavy (non-hydrogen) atoms. The van der Waals surface area contributed by atoms with E-state index >= 15 is 0 Å². The normalized spacial score (nSPS) is 14.0. The Hall–Kier alpha value is -3.75. The van der Waals surface area contributed by atoms with Gasteiger partial charge in [-0.05, 0) is 19.1 Å². The predicted octanol–water partition coefficient (Wildman–Crippen LogP) is 1.59. The number of H-pyrrole nitrogens is 1. The number of para-hydroxylation sites is 2. The lowest BCUT2D eigenvalue weighted by atomic mass is 10.1. The van der Waals surface area contributed by atoms with Crippen LogP contribution in [0, 0.1) is 0 Å². The molecule has 4 rings (SSSR count). The number of amides is 1. The highest BCUT2D eigenvalue weighted by atomic mass is 16.5. The molecule has 0 saturated carbocycles. The first-order valence-corrected chi connectivity index (χ1v) is 9.53. The van der Waals surface area contributed by atoms with Crippen LogP contribution in [-0.2, 0) is 17.8 Å². The molecule has 0 bridgehead atoms. The number of fused-ring (bicyclic) bond motifs is 1. The summed E-state index contributed by atoms with van der Waals surface area (Å²) in [6.45, 7) is 2.31. The van der Waals surface area contributed by atoms with E-state index in [4.69, 9.17) is 9.47 Å². The number of ether oxygens (including phenoxy) is 2. The van der Waals surface area contributed by atoms with Gasteiger partial charge in [-0.15, -0.1) is 0 Å². The van der Waals surface area contributed by atoms with E-state index in [1.54, 1.807) is 43.5 Å². The zero-order valence-corrected chi connectivity index (χ0v) is 16.7. The van der Waals surface area contributed by atoms with Crippen LogP contribution in [0.3, 0.4) is 0 Å². The standard InChI is InChI=1S/C21H21N5O4/c1-13(30-18-6-4-3-5-17(18)29-2)21(28)26-10-7-15-14(12-26)20(27)25-19(24-15)16-11-22-8-9-23-16/h3-6,8-9,11,13H,7,10,12H2,1-2H3,(H,24,25,27). The van der Waals surface area contributed by atoms with Gasteiger partial charge in [0.25, 0.3) is 11.5 Å². The number of methoxy groups -OCH3 is 1. The Morgan fingerprint density at radius 2 is 2.03 bits per heavy atom. The van der Waals surface area contributed by atoms with Gasteiger partial charge >= 0.3 is 0 Å². The topological polar surface area (TPSA) is 110 Å². The monoisotopic (exact) mass is 407 g/mol. The first-order valence-electron chi connectivity index (χ1n) is 9.53. The summed E-state index contributed by atoms with van der Waals surface area (Å²) in [4.78, 5) is 42.6. The molecular weight excluding hydrogens is 386 g/mol. The molecule has 154 valence electrons. The van der Waals surface area contributed by atoms with Gasteiger partial charge in [0.2, 0.25) is 0 Å². The molecule has 9 heteroatoms. The van der Waals surface area contributed by atoms with Gasteiger partial charge in [0.05, 0.1) is 31.1 Å². The van der Waals surface area contributed by atoms with Crippen molar-refractivity contribution in [1.29, 1.82) is 0 Å². The zero-order chi connectivity index (χ0) is 21.1. The maximum atomic E-state index is 12.9. The number of carbonyl (C=O) groups is 1. The van der Waals surface area contributed by atoms with Gasteiger partial charge in [-0.2, -0.15) is 0 Å². The van der Waals surface area contributed by atoms with Crippen LogP contribution >= 0.6 is 0 Å². The highest BCUT2D eigenvalue weighted by Gasteiger charge is 2.29. The van der Waals surface area contributed by atoms with Crippen LogP contribution in [0.1, 0.15) is 18.2 Å². The summed E-state index contributed by atoms with van der Waals surface area (Å²) in [7, 11) is 1.55. The molecule has 1 aromatic carbocycles. The summed E-state index contributed by atoms with van der Waals surface area (Å²) in [5, 5.41) is 0. The fraction of sp³-hybridized carbons (Fsp3) is 0.286. The summed E-state index contributed by atoms with van der Waals surface area (Å²) < 4.78 is 11.1. The van der Waals surface area contributed by atoms with E-state index in [0.29, 0.717) is 47.2 Å². The molecular formula is C21H21N5O4. The lowest BCUT2D eigenvalue weighted by molar-refractivity contribution is -0.139. The number of nitrogens with one attached hydrogen (secondary N) is 1. The summed E-state index contributed by atoms with van der Waals surface area (Å²) in [5.41, 5.74) is 1.36. The fourth-order valence-corrected chi connectivity index (χ4v) is 3.37. The van der Waals surface area contributed by atoms with Crippen molar-refractivity contribution >= 4 is 5.91 Å². The van der Waals surface area contributed by atoms with E-state index in [1.807, 2.05) is 12.1 Å². The number of hydrogen-bond donors (Lipinski definition) is 1. The van der Waals surface area contributed by atoms with Crippen LogP contribution in [-0.4, -0.2) is 50.5 Å². The van der Waals surface area contributed by atoms with E-state index in [9.17, 15) is 9.59 Å². The van der Waals surface area contributed by atoms with Crippen LogP contribution in [0.5, 0.6) is 11.5 Å². The SMILES string of the molecule is COc1ccccc1OC(C)C(=O)N1CCc2nc(-c3cnccn3)[nH]c(=O)c2C1. The minimum Gasteiger partial charge on any atom is -0.493 e. The summed E-state index contributed by atoms with van der Waals surface area (Å²) >= 11 is 0. The second-order valence-corrected chi connectivity index (χ2v) is 6.85. The Morgan fingerprint density at radius 3 is 2.77 bits per heavy atom. The lowest BCUT2D eigenvalue weighted by Crippen LogP contribution is -2.45. The third kappa shape index (κ3) is 3.86. The quantitative estimate of drug-likeness (QED) is 0.684. The molecule has 3 aromatic rings. The molecule has 1 unspecified atom stereocenters. The van der Waals surface area contributed by atoms with Gasteiger partial charge in [-0.1, -0.05) is 12.1 Å². The Labute approximate surface area is 172 Å². The molecule has 1 atom stereocenters. The van der Waals surface area contributed by atoms with Gasteiger partial charge in [0.1, 0.15) is 5.69 Å². The summed E-state index contributed by atoms with van der Waals surface area (Å²) in [5.74, 6) is 1.22. The van der Waals surface area contributed by atoms with Gasteiger partial charge in [-0.25, -0.2) is 9.97 Å². The maximum absolute atomic E-state index is 12.9. The third-order valence-electron chi connectivity index (χ3n) is 4.91. The molecule has 1 amide bonds. The van der Waals surface area contributed by atoms with Crippen LogP contribution in [0.2, 0.25) is 0 Å². The average Bonchev–Trinajstić information content (AvgIpc) is 2.79. The second kappa shape index (κ2) is 8.32. The average molecular weight is 407 g/mol. The largest absolute Gasteiger partial charge is 0.493 e. The highest BCUT2D eigenvalue weighted by Crippen LogP contribution is 2.27. The number of hydrogen-bond acceptors (Lipinski definition) is 7. The van der Waals surface area contributed by atoms with E-state index < -0.39 is 6.10 Å². The van der Waals surface area contributed by atoms with Crippen LogP contribution in [0.25, 0.3) is 11.5 Å². The molecule has 1 aliphatic rings. The van der Waals surface area contributed by atoms with Gasteiger partial charge in [0.15, 0.2) is 23.4 Å². The van der Waals surface area contributed by atoms with E-state index in [1.165, 1.54) is 6.20 Å². The minimum absolute atomic E-state index is 0.177. The smallest absolute Gasteiger partial charge is 0.263 e. The van der Waals surface area contributed by atoms with Gasteiger partial charge in [0, 0.05) is 25.4 Å². The minimum atomic E-state index is -0.728. The van der Waals surface area contributed by atoms with Crippen molar-refractivity contribution in [2.24, 2.45) is 0 Å². The molecule has 3 heterocycles. The molecule has 9 nitrogen and oxygen atoms in total. The van der Waals surface area contributed by atoms with Crippen molar-refractivity contribution in [2.45, 2.75) is 26.0 Å². The lowest BCUT2D eigenvalue weighted by Gasteiger charge is -2.30. The van der Waals surface area contributed by atoms with Gasteiger partial charge in [-0.3, -0.25) is 14.6 Å². The van der Waals surface area contributed by atoms with Crippen molar-refractivity contribution in [1.82, 2.24) is 24.8 Å². The second-order valence-electron chi connectivity index (χ2n) is 6.85. The fourth-order valence-electron chi connectivity index (χ4n) is 3.37. The molecule has 1 aliphatic heterocycles. The Morgan fingerprint density at radius 1 is 1.23 bits per heavy atom. The van der Waals surface area contributed by atoms with E-state index in [2.05, 4.69) is 19.9 Å². The number of carbonyl (C=O) groups excluding carboxylic acids is 1. The molecule has 0 aliphatic carbocycles. The molecule has 0 radical (unpaired) electrons. The molecule has 1 N–H and O–H groups in total. The first-order chi connectivity index (χ1) is 14.6. The van der Waals surface area contributed by atoms with Crippen LogP contribution < -0.4 is 15.0 Å². The third-order valence-corrected chi connectivity index (χ3v) is 4.91. The summed E-state index contributed by atoms with van der Waals surface area (Å²) in [6, 6.07) is 7.15. The first kappa shape index (κ1) is 19.6. The summed E-state index contributed by atoms with van der Waals surface area (Å²) in [6.07, 6.45) is 4.38. The molecule has 0 saturated heterocycles. The predicted molar refractivity (Wildman–Crippen MR) is 108 cm³/mol. The number of aromatic amines is 1. The van der Waals surface area contributed by atoms with Crippen molar-refractivity contribution < 1.29 is 14.3 Å². The number of benzene rings is 1.